The number of hydrazine groups is 1. The number of nitriles is 1. The van der Waals surface area contributed by atoms with Crippen molar-refractivity contribution in [1.29, 1.82) is 5.26 Å². The van der Waals surface area contributed by atoms with Gasteiger partial charge in [-0.3, -0.25) is 25.0 Å². The summed E-state index contributed by atoms with van der Waals surface area (Å²) in [7, 11) is -0.439. The van der Waals surface area contributed by atoms with Gasteiger partial charge >= 0.3 is 12.3 Å². The summed E-state index contributed by atoms with van der Waals surface area (Å²) in [6.45, 7) is 12.6. The number of methoxy groups -OCH3 is 1. The number of hydrogen-bond acceptors (Lipinski definition) is 9. The van der Waals surface area contributed by atoms with Gasteiger partial charge in [-0.2, -0.15) is 18.4 Å². The summed E-state index contributed by atoms with van der Waals surface area (Å²) >= 11 is 0. The minimum atomic E-state index is -5.39. The lowest BCUT2D eigenvalue weighted by Crippen LogP contribution is -2.51. The normalized spacial score (nSPS) is 13.4. The van der Waals surface area contributed by atoms with Crippen LogP contribution in [0.4, 0.5) is 18.0 Å². The number of nitrogens with zero attached hydrogens (tertiary/aromatic N) is 4. The fraction of sp³-hybridized carbons (Fsp3) is 0.457. The Labute approximate surface area is 299 Å². The number of ether oxygens (including phenoxy) is 4. The summed E-state index contributed by atoms with van der Waals surface area (Å²) in [6, 6.07) is 9.54. The van der Waals surface area contributed by atoms with Crippen LogP contribution >= 0.6 is 0 Å². The number of hydrogen-bond donors (Lipinski definition) is 2. The van der Waals surface area contributed by atoms with Gasteiger partial charge in [-0.05, 0) is 69.6 Å². The lowest BCUT2D eigenvalue weighted by molar-refractivity contribution is -0.269. The molecule has 0 saturated heterocycles. The number of carbonyl (C=O) groups excluding carboxylic acids is 3. The van der Waals surface area contributed by atoms with Gasteiger partial charge < -0.3 is 23.5 Å². The van der Waals surface area contributed by atoms with E-state index in [0.717, 1.165) is 16.1 Å². The Morgan fingerprint density at radius 1 is 1.06 bits per heavy atom. The lowest BCUT2D eigenvalue weighted by Gasteiger charge is -2.37. The number of imidazole rings is 1. The van der Waals surface area contributed by atoms with Crippen molar-refractivity contribution in [3.8, 4) is 11.8 Å². The second-order valence-electron chi connectivity index (χ2n) is 14.4. The highest BCUT2D eigenvalue weighted by molar-refractivity contribution is 6.76. The highest BCUT2D eigenvalue weighted by Gasteiger charge is 2.64. The fourth-order valence-electron chi connectivity index (χ4n) is 5.59. The Hall–Kier alpha value is -4.92. The largest absolute Gasteiger partial charge is 0.496 e. The molecule has 0 radical (unpaired) electrons. The molecule has 0 aliphatic carbocycles. The average Bonchev–Trinajstić information content (AvgIpc) is 3.63. The van der Waals surface area contributed by atoms with Gasteiger partial charge in [0.05, 0.1) is 40.9 Å². The first-order valence-electron chi connectivity index (χ1n) is 16.3. The molecular weight excluding hydrogens is 702 g/mol. The minimum absolute atomic E-state index is 0.0609. The molecule has 280 valence electrons. The maximum absolute atomic E-state index is 16.4. The van der Waals surface area contributed by atoms with Crippen molar-refractivity contribution < 1.29 is 46.5 Å². The molecule has 13 nitrogen and oxygen atoms in total. The van der Waals surface area contributed by atoms with E-state index in [1.165, 1.54) is 43.6 Å². The standard InChI is InChI=1S/C35H43F3N6O7Si/c1-21-16-27(48-6)29(24-12-13-43(30(21)24)32(47)51-33(3,4)5)34(35(36,37)38,50-19-28(46)42-41-22(2)45)31-40-25-11-10-23(18-39)17-26(25)44(31)20-49-14-15-52(7,8)9/h10-13,16-17H,14-15,19-20H2,1-9H3,(H,41,45)(H,42,46). The van der Waals surface area contributed by atoms with Crippen molar-refractivity contribution in [2.45, 2.75) is 84.4 Å². The number of halogens is 3. The molecule has 17 heteroatoms. The second kappa shape index (κ2) is 15.0. The van der Waals surface area contributed by atoms with Crippen molar-refractivity contribution >= 4 is 47.9 Å². The molecule has 0 saturated carbocycles. The molecule has 4 aromatic rings. The van der Waals surface area contributed by atoms with Gasteiger partial charge in [0.1, 0.15) is 24.7 Å². The molecule has 2 aromatic heterocycles. The highest BCUT2D eigenvalue weighted by atomic mass is 28.3. The quantitative estimate of drug-likeness (QED) is 0.103. The molecule has 0 aliphatic heterocycles. The summed E-state index contributed by atoms with van der Waals surface area (Å²) in [5, 5.41) is 9.58. The molecule has 2 amide bonds. The SMILES string of the molecule is COc1cc(C)c2c(ccn2C(=O)OC(C)(C)C)c1C(OCC(=O)NNC(C)=O)(c1nc2ccc(C#N)cc2n1COCC[Si](C)(C)C)C(F)(F)F. The van der Waals surface area contributed by atoms with Gasteiger partial charge in [-0.1, -0.05) is 19.6 Å². The molecule has 1 unspecified atom stereocenters. The zero-order chi connectivity index (χ0) is 38.8. The van der Waals surface area contributed by atoms with Crippen LogP contribution in [0.5, 0.6) is 5.75 Å². The zero-order valence-corrected chi connectivity index (χ0v) is 31.6. The maximum Gasteiger partial charge on any atom is 0.429 e. The number of benzene rings is 2. The van der Waals surface area contributed by atoms with E-state index in [4.69, 9.17) is 18.9 Å². The number of rotatable bonds is 11. The molecule has 2 N–H and O–H groups in total. The molecule has 52 heavy (non-hydrogen) atoms. The number of alkyl halides is 3. The molecule has 2 heterocycles. The topological polar surface area (TPSA) is 159 Å². The third-order valence-corrected chi connectivity index (χ3v) is 9.60. The number of aromatic nitrogens is 3. The van der Waals surface area contributed by atoms with Gasteiger partial charge in [0.25, 0.3) is 11.5 Å². The van der Waals surface area contributed by atoms with Crippen LogP contribution in [-0.4, -0.2) is 72.2 Å². The van der Waals surface area contributed by atoms with E-state index in [2.05, 4.69) is 24.6 Å². The first kappa shape index (κ1) is 39.9. The van der Waals surface area contributed by atoms with Crippen LogP contribution in [0.2, 0.25) is 25.7 Å². The Kier molecular flexibility index (Phi) is 11.5. The Balaban J connectivity index is 2.13. The Morgan fingerprint density at radius 2 is 1.75 bits per heavy atom. The zero-order valence-electron chi connectivity index (χ0n) is 30.6. The van der Waals surface area contributed by atoms with Crippen molar-refractivity contribution in [3.05, 3.63) is 59.0 Å². The van der Waals surface area contributed by atoms with E-state index in [1.807, 2.05) is 16.9 Å². The van der Waals surface area contributed by atoms with Gasteiger partial charge in [0.2, 0.25) is 5.91 Å². The number of fused-ring (bicyclic) bond motifs is 2. The smallest absolute Gasteiger partial charge is 0.429 e. The van der Waals surface area contributed by atoms with Crippen LogP contribution in [0.1, 0.15) is 50.2 Å². The number of aryl methyl sites for hydroxylation is 1. The van der Waals surface area contributed by atoms with Crippen LogP contribution in [0.15, 0.2) is 36.5 Å². The number of amides is 2. The second-order valence-corrected chi connectivity index (χ2v) is 20.0. The Morgan fingerprint density at radius 3 is 2.33 bits per heavy atom. The van der Waals surface area contributed by atoms with E-state index >= 15 is 13.2 Å². The van der Waals surface area contributed by atoms with E-state index in [9.17, 15) is 19.6 Å². The molecule has 0 bridgehead atoms. The van der Waals surface area contributed by atoms with E-state index in [1.54, 1.807) is 27.7 Å². The molecular formula is C35H43F3N6O7Si. The van der Waals surface area contributed by atoms with Gasteiger partial charge in [0, 0.05) is 33.2 Å². The van der Waals surface area contributed by atoms with Crippen molar-refractivity contribution in [3.63, 3.8) is 0 Å². The van der Waals surface area contributed by atoms with Crippen LogP contribution in [0.3, 0.4) is 0 Å². The first-order chi connectivity index (χ1) is 24.1. The maximum atomic E-state index is 16.4. The fourth-order valence-corrected chi connectivity index (χ4v) is 6.34. The van der Waals surface area contributed by atoms with Crippen molar-refractivity contribution in [2.24, 2.45) is 0 Å². The molecule has 0 spiro atoms. The highest BCUT2D eigenvalue weighted by Crippen LogP contribution is 2.53. The predicted molar refractivity (Wildman–Crippen MR) is 188 cm³/mol. The van der Waals surface area contributed by atoms with Gasteiger partial charge in [-0.25, -0.2) is 9.78 Å². The van der Waals surface area contributed by atoms with E-state index in [-0.39, 0.29) is 39.9 Å². The van der Waals surface area contributed by atoms with Gasteiger partial charge in [-0.15, -0.1) is 0 Å². The van der Waals surface area contributed by atoms with Gasteiger partial charge in [0.15, 0.2) is 5.82 Å². The van der Waals surface area contributed by atoms with E-state index in [0.29, 0.717) is 11.6 Å². The summed E-state index contributed by atoms with van der Waals surface area (Å²) in [4.78, 5) is 42.3. The number of carbonyl (C=O) groups is 3. The molecule has 0 aliphatic rings. The van der Waals surface area contributed by atoms with Crippen molar-refractivity contribution in [2.75, 3.05) is 20.3 Å². The van der Waals surface area contributed by atoms with E-state index < -0.39 is 68.1 Å². The van der Waals surface area contributed by atoms with Crippen LogP contribution < -0.4 is 15.6 Å². The van der Waals surface area contributed by atoms with Crippen LogP contribution in [-0.2, 0) is 36.1 Å². The Bertz CT molecular complexity index is 2040. The average molecular weight is 745 g/mol. The predicted octanol–water partition coefficient (Wildman–Crippen LogP) is 6.27. The monoisotopic (exact) mass is 744 g/mol. The van der Waals surface area contributed by atoms with Crippen molar-refractivity contribution in [1.82, 2.24) is 25.0 Å². The molecule has 1 atom stereocenters. The lowest BCUT2D eigenvalue weighted by atomic mass is 9.86. The van der Waals surface area contributed by atoms with Crippen LogP contribution in [0, 0.1) is 18.3 Å². The third kappa shape index (κ3) is 8.40. The molecule has 0 fully saturated rings. The first-order valence-corrected chi connectivity index (χ1v) is 20.0. The summed E-state index contributed by atoms with van der Waals surface area (Å²) in [5.41, 5.74) is -0.275. The summed E-state index contributed by atoms with van der Waals surface area (Å²) in [6.07, 6.45) is -4.96. The summed E-state index contributed by atoms with van der Waals surface area (Å²) in [5.74, 6) is -2.81. The number of nitrogens with one attached hydrogen (secondary N) is 2. The molecule has 4 rings (SSSR count). The minimum Gasteiger partial charge on any atom is -0.496 e. The third-order valence-electron chi connectivity index (χ3n) is 7.89. The van der Waals surface area contributed by atoms with Crippen LogP contribution in [0.25, 0.3) is 21.9 Å². The summed E-state index contributed by atoms with van der Waals surface area (Å²) < 4.78 is 74.5. The molecule has 2 aromatic carbocycles.